The second-order valence-electron chi connectivity index (χ2n) is 10.0. The summed E-state index contributed by atoms with van der Waals surface area (Å²) in [6, 6.07) is 12.5. The molecule has 1 heterocycles. The number of benzene rings is 2. The van der Waals surface area contributed by atoms with Crippen LogP contribution in [0.5, 0.6) is 0 Å². The Morgan fingerprint density at radius 2 is 1.77 bits per heavy atom. The zero-order valence-electron chi connectivity index (χ0n) is 21.7. The molecule has 0 saturated heterocycles. The number of likely N-dealkylation sites (N-methyl/N-ethyl adjacent to an activating group) is 1. The molecule has 0 aliphatic carbocycles. The highest BCUT2D eigenvalue weighted by atomic mass is 19.1. The maximum Gasteiger partial charge on any atom is 0.163 e. The summed E-state index contributed by atoms with van der Waals surface area (Å²) >= 11 is 0. The third-order valence-electron chi connectivity index (χ3n) is 6.33. The summed E-state index contributed by atoms with van der Waals surface area (Å²) in [4.78, 5) is 11.5. The van der Waals surface area contributed by atoms with Crippen LogP contribution < -0.4 is 11.1 Å². The second kappa shape index (κ2) is 11.0. The molecule has 0 amide bonds. The zero-order valence-corrected chi connectivity index (χ0v) is 21.7. The molecule has 186 valence electrons. The first-order valence-corrected chi connectivity index (χ1v) is 12.0. The Balaban J connectivity index is 1.83. The average Bonchev–Trinajstić information content (AvgIpc) is 2.80. The molecule has 6 nitrogen and oxygen atoms in total. The van der Waals surface area contributed by atoms with E-state index in [2.05, 4.69) is 43.0 Å². The Kier molecular flexibility index (Phi) is 8.22. The first-order chi connectivity index (χ1) is 16.5. The van der Waals surface area contributed by atoms with Crippen LogP contribution in [-0.4, -0.2) is 47.3 Å². The van der Waals surface area contributed by atoms with Crippen molar-refractivity contribution in [3.05, 3.63) is 59.4 Å². The Hall–Kier alpha value is -3.32. The monoisotopic (exact) mass is 476 g/mol. The SMILES string of the molecule is CCC(C)(C)CN(C)CCNc1nc(-c2ccc(-c3cc(C)ccc3F)cc2)nc(N)c1C(C)=N. The Labute approximate surface area is 208 Å². The molecule has 3 aromatic rings. The summed E-state index contributed by atoms with van der Waals surface area (Å²) in [5.74, 6) is 1.02. The highest BCUT2D eigenvalue weighted by Gasteiger charge is 2.19. The number of nitrogens with one attached hydrogen (secondary N) is 2. The summed E-state index contributed by atoms with van der Waals surface area (Å²) < 4.78 is 14.3. The topological polar surface area (TPSA) is 90.9 Å². The van der Waals surface area contributed by atoms with Crippen LogP contribution in [0, 0.1) is 23.6 Å². The molecule has 7 heteroatoms. The molecule has 0 aliphatic rings. The predicted octanol–water partition coefficient (Wildman–Crippen LogP) is 6.01. The molecule has 0 saturated carbocycles. The van der Waals surface area contributed by atoms with Gasteiger partial charge >= 0.3 is 0 Å². The number of nitrogens with zero attached hydrogens (tertiary/aromatic N) is 3. The van der Waals surface area contributed by atoms with Gasteiger partial charge in [-0.2, -0.15) is 0 Å². The van der Waals surface area contributed by atoms with Crippen molar-refractivity contribution in [3.8, 4) is 22.5 Å². The lowest BCUT2D eigenvalue weighted by atomic mass is 9.90. The van der Waals surface area contributed by atoms with Crippen LogP contribution >= 0.6 is 0 Å². The molecule has 3 rings (SSSR count). The lowest BCUT2D eigenvalue weighted by Gasteiger charge is -2.29. The van der Waals surface area contributed by atoms with Crippen LogP contribution in [-0.2, 0) is 0 Å². The molecule has 0 atom stereocenters. The fourth-order valence-corrected chi connectivity index (χ4v) is 4.05. The Bertz CT molecular complexity index is 1190. The van der Waals surface area contributed by atoms with Crippen molar-refractivity contribution in [3.63, 3.8) is 0 Å². The van der Waals surface area contributed by atoms with Crippen molar-refractivity contribution in [2.75, 3.05) is 37.7 Å². The molecule has 35 heavy (non-hydrogen) atoms. The molecular formula is C28H37FN6. The number of halogens is 1. The minimum atomic E-state index is -0.256. The van der Waals surface area contributed by atoms with Crippen molar-refractivity contribution in [1.29, 1.82) is 5.41 Å². The van der Waals surface area contributed by atoms with E-state index in [1.165, 1.54) is 6.07 Å². The van der Waals surface area contributed by atoms with E-state index in [1.54, 1.807) is 13.0 Å². The number of nitrogens with two attached hydrogens (primary N) is 1. The van der Waals surface area contributed by atoms with E-state index in [0.29, 0.717) is 35.0 Å². The van der Waals surface area contributed by atoms with Gasteiger partial charge in [0.2, 0.25) is 0 Å². The normalized spacial score (nSPS) is 11.7. The van der Waals surface area contributed by atoms with Crippen molar-refractivity contribution < 1.29 is 4.39 Å². The van der Waals surface area contributed by atoms with Crippen molar-refractivity contribution in [2.45, 2.75) is 41.0 Å². The van der Waals surface area contributed by atoms with E-state index < -0.39 is 0 Å². The van der Waals surface area contributed by atoms with E-state index in [4.69, 9.17) is 16.1 Å². The smallest absolute Gasteiger partial charge is 0.163 e. The first-order valence-electron chi connectivity index (χ1n) is 12.0. The van der Waals surface area contributed by atoms with Crippen molar-refractivity contribution >= 4 is 17.3 Å². The molecule has 2 aromatic carbocycles. The van der Waals surface area contributed by atoms with Gasteiger partial charge in [0.15, 0.2) is 5.82 Å². The van der Waals surface area contributed by atoms with Gasteiger partial charge in [0.1, 0.15) is 17.5 Å². The minimum absolute atomic E-state index is 0.255. The van der Waals surface area contributed by atoms with Gasteiger partial charge in [-0.25, -0.2) is 14.4 Å². The van der Waals surface area contributed by atoms with Crippen LogP contribution in [0.15, 0.2) is 42.5 Å². The van der Waals surface area contributed by atoms with Crippen molar-refractivity contribution in [1.82, 2.24) is 14.9 Å². The lowest BCUT2D eigenvalue weighted by molar-refractivity contribution is 0.209. The van der Waals surface area contributed by atoms with Gasteiger partial charge in [-0.1, -0.05) is 56.7 Å². The van der Waals surface area contributed by atoms with Gasteiger partial charge < -0.3 is 21.4 Å². The van der Waals surface area contributed by atoms with Gasteiger partial charge in [0.25, 0.3) is 0 Å². The second-order valence-corrected chi connectivity index (χ2v) is 10.0. The summed E-state index contributed by atoms with van der Waals surface area (Å²) in [5.41, 5.74) is 10.5. The van der Waals surface area contributed by atoms with Gasteiger partial charge in [-0.05, 0) is 50.4 Å². The van der Waals surface area contributed by atoms with Crippen LogP contribution in [0.2, 0.25) is 0 Å². The number of anilines is 2. The van der Waals surface area contributed by atoms with Crippen LogP contribution in [0.1, 0.15) is 45.2 Å². The number of aryl methyl sites for hydroxylation is 1. The maximum atomic E-state index is 14.3. The molecule has 4 N–H and O–H groups in total. The number of aromatic nitrogens is 2. The Morgan fingerprint density at radius 1 is 1.11 bits per heavy atom. The molecular weight excluding hydrogens is 439 g/mol. The lowest BCUT2D eigenvalue weighted by Crippen LogP contribution is -2.34. The van der Waals surface area contributed by atoms with Gasteiger partial charge in [-0.3, -0.25) is 0 Å². The van der Waals surface area contributed by atoms with Crippen LogP contribution in [0.4, 0.5) is 16.0 Å². The highest BCUT2D eigenvalue weighted by molar-refractivity contribution is 6.04. The molecule has 0 aliphatic heterocycles. The quantitative estimate of drug-likeness (QED) is 0.312. The summed E-state index contributed by atoms with van der Waals surface area (Å²) in [6.07, 6.45) is 1.11. The molecule has 1 aromatic heterocycles. The van der Waals surface area contributed by atoms with E-state index in [-0.39, 0.29) is 17.1 Å². The van der Waals surface area contributed by atoms with E-state index in [9.17, 15) is 4.39 Å². The fourth-order valence-electron chi connectivity index (χ4n) is 4.05. The van der Waals surface area contributed by atoms with E-state index in [0.717, 1.165) is 36.2 Å². The number of rotatable bonds is 10. The highest BCUT2D eigenvalue weighted by Crippen LogP contribution is 2.29. The van der Waals surface area contributed by atoms with Crippen LogP contribution in [0.3, 0.4) is 0 Å². The van der Waals surface area contributed by atoms with Gasteiger partial charge in [0.05, 0.1) is 5.56 Å². The van der Waals surface area contributed by atoms with Crippen molar-refractivity contribution in [2.24, 2.45) is 5.41 Å². The third-order valence-corrected chi connectivity index (χ3v) is 6.33. The number of hydrogen-bond acceptors (Lipinski definition) is 6. The maximum absolute atomic E-state index is 14.3. The number of nitrogen functional groups attached to an aromatic ring is 1. The summed E-state index contributed by atoms with van der Waals surface area (Å²) in [6.45, 7) is 12.9. The van der Waals surface area contributed by atoms with Gasteiger partial charge in [-0.15, -0.1) is 0 Å². The molecule has 0 bridgehead atoms. The first kappa shape index (κ1) is 26.3. The summed E-state index contributed by atoms with van der Waals surface area (Å²) in [7, 11) is 2.11. The zero-order chi connectivity index (χ0) is 25.8. The van der Waals surface area contributed by atoms with E-state index >= 15 is 0 Å². The Morgan fingerprint density at radius 3 is 2.40 bits per heavy atom. The largest absolute Gasteiger partial charge is 0.383 e. The minimum Gasteiger partial charge on any atom is -0.383 e. The predicted molar refractivity (Wildman–Crippen MR) is 145 cm³/mol. The fraction of sp³-hybridized carbons (Fsp3) is 0.393. The van der Waals surface area contributed by atoms with Crippen LogP contribution in [0.25, 0.3) is 22.5 Å². The van der Waals surface area contributed by atoms with E-state index in [1.807, 2.05) is 37.3 Å². The molecule has 0 radical (unpaired) electrons. The number of hydrogen-bond donors (Lipinski definition) is 3. The molecule has 0 fully saturated rings. The molecule has 0 unspecified atom stereocenters. The average molecular weight is 477 g/mol. The third kappa shape index (κ3) is 6.63. The molecule has 0 spiro atoms. The summed E-state index contributed by atoms with van der Waals surface area (Å²) in [5, 5.41) is 11.5. The van der Waals surface area contributed by atoms with Gasteiger partial charge in [0, 0.05) is 36.5 Å². The standard InChI is InChI=1S/C28H37FN6/c1-7-28(4,5)17-35(6)15-14-32-27-24(19(3)30)25(31)33-26(34-27)21-11-9-20(10-12-21)22-16-18(2)8-13-23(22)29/h8-13,16,30H,7,14-15,17H2,1-6H3,(H3,31,32,33,34).